The van der Waals surface area contributed by atoms with E-state index in [1.165, 1.54) is 21.9 Å². The minimum atomic E-state index is -0.0257. The summed E-state index contributed by atoms with van der Waals surface area (Å²) < 4.78 is 0. The van der Waals surface area contributed by atoms with Gasteiger partial charge in [0, 0.05) is 44.7 Å². The van der Waals surface area contributed by atoms with Gasteiger partial charge >= 0.3 is 0 Å². The molecule has 0 bridgehead atoms. The van der Waals surface area contributed by atoms with E-state index in [4.69, 9.17) is 9.97 Å². The monoisotopic (exact) mass is 677 g/mol. The first kappa shape index (κ1) is 33.2. The summed E-state index contributed by atoms with van der Waals surface area (Å²) in [5.41, 5.74) is 14.3. The molecule has 0 atom stereocenters. The van der Waals surface area contributed by atoms with Crippen LogP contribution in [0.25, 0.3) is 77.8 Å². The third-order valence-electron chi connectivity index (χ3n) is 10.1. The molecule has 0 unspecified atom stereocenters. The second kappa shape index (κ2) is 12.6. The Bertz CT molecular complexity index is 2580. The van der Waals surface area contributed by atoms with Crippen molar-refractivity contribution in [1.82, 2.24) is 15.0 Å². The lowest BCUT2D eigenvalue weighted by atomic mass is 9.79. The van der Waals surface area contributed by atoms with Crippen LogP contribution < -0.4 is 0 Å². The van der Waals surface area contributed by atoms with Gasteiger partial charge in [-0.3, -0.25) is 4.98 Å². The Morgan fingerprint density at radius 1 is 0.481 bits per heavy atom. The van der Waals surface area contributed by atoms with Crippen molar-refractivity contribution in [3.8, 4) is 61.8 Å². The average Bonchev–Trinajstić information content (AvgIpc) is 3.53. The van der Waals surface area contributed by atoms with Gasteiger partial charge < -0.3 is 10.1 Å². The highest BCUT2D eigenvalue weighted by atomic mass is 16.3. The lowest BCUT2D eigenvalue weighted by Gasteiger charge is -2.26. The summed E-state index contributed by atoms with van der Waals surface area (Å²) in [5, 5.41) is 13.4. The van der Waals surface area contributed by atoms with E-state index in [2.05, 4.69) is 156 Å². The summed E-state index contributed by atoms with van der Waals surface area (Å²) >= 11 is 0. The molecular formula is C48H43N3O. The lowest BCUT2D eigenvalue weighted by Crippen LogP contribution is -2.16. The molecule has 0 amide bonds. The molecule has 0 aliphatic carbocycles. The van der Waals surface area contributed by atoms with Crippen molar-refractivity contribution in [2.75, 3.05) is 0 Å². The van der Waals surface area contributed by atoms with Crippen molar-refractivity contribution < 1.29 is 5.11 Å². The summed E-state index contributed by atoms with van der Waals surface area (Å²) in [6, 6.07) is 46.3. The fourth-order valence-electron chi connectivity index (χ4n) is 7.04. The van der Waals surface area contributed by atoms with Gasteiger partial charge in [0.25, 0.3) is 0 Å². The summed E-state index contributed by atoms with van der Waals surface area (Å²) in [6.07, 6.45) is 1.89. The molecule has 0 saturated heterocycles. The molecule has 3 heterocycles. The number of rotatable bonds is 5. The number of nitrogens with zero attached hydrogens (tertiary/aromatic N) is 2. The Kier molecular flexibility index (Phi) is 8.06. The maximum Gasteiger partial charge on any atom is 0.124 e. The highest BCUT2D eigenvalue weighted by Crippen LogP contribution is 2.39. The van der Waals surface area contributed by atoms with Crippen molar-refractivity contribution in [1.29, 1.82) is 0 Å². The van der Waals surface area contributed by atoms with Crippen LogP contribution in [0.2, 0.25) is 0 Å². The normalized spacial score (nSPS) is 12.1. The number of hydrogen-bond donors (Lipinski definition) is 2. The predicted octanol–water partition coefficient (Wildman–Crippen LogP) is 12.7. The number of nitrogens with one attached hydrogen (secondary N) is 1. The van der Waals surface area contributed by atoms with Crippen LogP contribution in [0.4, 0.5) is 0 Å². The zero-order valence-electron chi connectivity index (χ0n) is 30.6. The second-order valence-electron chi connectivity index (χ2n) is 15.9. The molecule has 52 heavy (non-hydrogen) atoms. The molecule has 2 N–H and O–H groups in total. The third-order valence-corrected chi connectivity index (χ3v) is 10.1. The number of hydrogen-bond acceptors (Lipinski definition) is 3. The molecule has 256 valence electrons. The third kappa shape index (κ3) is 6.26. The number of pyridine rings is 2. The number of para-hydroxylation sites is 3. The maximum atomic E-state index is 11.0. The van der Waals surface area contributed by atoms with Gasteiger partial charge in [-0.05, 0) is 87.2 Å². The molecular weight excluding hydrogens is 635 g/mol. The average molecular weight is 678 g/mol. The van der Waals surface area contributed by atoms with Crippen LogP contribution >= 0.6 is 0 Å². The van der Waals surface area contributed by atoms with Crippen LogP contribution in [0.3, 0.4) is 0 Å². The van der Waals surface area contributed by atoms with Crippen LogP contribution in [-0.4, -0.2) is 20.1 Å². The smallest absolute Gasteiger partial charge is 0.124 e. The number of phenolic OH excluding ortho intramolecular Hbond substituents is 1. The number of aromatic hydroxyl groups is 1. The van der Waals surface area contributed by atoms with E-state index in [1.807, 2.05) is 24.4 Å². The minimum Gasteiger partial charge on any atom is -0.507 e. The first-order valence-electron chi connectivity index (χ1n) is 18.0. The first-order valence-corrected chi connectivity index (χ1v) is 18.0. The van der Waals surface area contributed by atoms with Crippen molar-refractivity contribution in [2.45, 2.75) is 52.4 Å². The Morgan fingerprint density at radius 3 is 1.83 bits per heavy atom. The van der Waals surface area contributed by atoms with E-state index in [0.717, 1.165) is 61.5 Å². The number of benzene rings is 5. The predicted molar refractivity (Wildman–Crippen MR) is 218 cm³/mol. The highest BCUT2D eigenvalue weighted by molar-refractivity contribution is 6.11. The molecule has 4 nitrogen and oxygen atoms in total. The van der Waals surface area contributed by atoms with Gasteiger partial charge in [0.15, 0.2) is 0 Å². The SMILES string of the molecule is CC(C)(C)c1cc(-c2cc(-c3cccc(-c4cc(-c5cccc6c5[nH]c5ccccc56)ccn4)c3)nc(-c3ccccc3O)c2)cc(C(C)(C)C)c1. The summed E-state index contributed by atoms with van der Waals surface area (Å²) in [7, 11) is 0. The van der Waals surface area contributed by atoms with Gasteiger partial charge in [-0.1, -0.05) is 126 Å². The van der Waals surface area contributed by atoms with Gasteiger partial charge in [-0.15, -0.1) is 0 Å². The maximum absolute atomic E-state index is 11.0. The zero-order valence-corrected chi connectivity index (χ0v) is 30.6. The van der Waals surface area contributed by atoms with Gasteiger partial charge in [-0.25, -0.2) is 4.98 Å². The van der Waals surface area contributed by atoms with Crippen LogP contribution in [0.15, 0.2) is 140 Å². The van der Waals surface area contributed by atoms with E-state index in [9.17, 15) is 5.11 Å². The number of phenols is 1. The molecule has 0 spiro atoms. The van der Waals surface area contributed by atoms with Gasteiger partial charge in [0.05, 0.1) is 22.6 Å². The summed E-state index contributed by atoms with van der Waals surface area (Å²) in [5.74, 6) is 0.205. The van der Waals surface area contributed by atoms with Gasteiger partial charge in [-0.2, -0.15) is 0 Å². The van der Waals surface area contributed by atoms with E-state index in [-0.39, 0.29) is 16.6 Å². The van der Waals surface area contributed by atoms with Crippen LogP contribution in [-0.2, 0) is 10.8 Å². The highest BCUT2D eigenvalue weighted by Gasteiger charge is 2.22. The largest absolute Gasteiger partial charge is 0.507 e. The number of H-pyrrole nitrogens is 1. The minimum absolute atomic E-state index is 0.0257. The quantitative estimate of drug-likeness (QED) is 0.191. The molecule has 8 aromatic rings. The molecule has 0 aliphatic heterocycles. The Labute approximate surface area is 305 Å². The summed E-state index contributed by atoms with van der Waals surface area (Å²) in [4.78, 5) is 13.7. The number of aromatic nitrogens is 3. The fraction of sp³-hybridized carbons (Fsp3) is 0.167. The van der Waals surface area contributed by atoms with Crippen LogP contribution in [0.1, 0.15) is 52.7 Å². The topological polar surface area (TPSA) is 61.8 Å². The first-order chi connectivity index (χ1) is 24.9. The molecule has 0 saturated carbocycles. The Morgan fingerprint density at radius 2 is 1.08 bits per heavy atom. The standard InChI is InChI=1S/C48H43N3O/c1-47(2,3)35-24-33(25-36(29-35)48(4,5)6)34-27-43(50-44(28-34)40-16-8-10-20-45(40)52)32-14-11-13-31(23-32)42-26-30(21-22-49-42)37-17-12-18-39-38-15-7-9-19-41(38)51-46(37)39/h7-29,51-52H,1-6H3. The number of fused-ring (bicyclic) bond motifs is 3. The van der Waals surface area contributed by atoms with E-state index in [0.29, 0.717) is 5.56 Å². The van der Waals surface area contributed by atoms with E-state index in [1.54, 1.807) is 6.07 Å². The Hall–Kier alpha value is -6.00. The molecule has 8 rings (SSSR count). The molecule has 0 fully saturated rings. The molecule has 3 aromatic heterocycles. The van der Waals surface area contributed by atoms with Crippen molar-refractivity contribution in [2.24, 2.45) is 0 Å². The van der Waals surface area contributed by atoms with Gasteiger partial charge in [0.2, 0.25) is 0 Å². The van der Waals surface area contributed by atoms with Gasteiger partial charge in [0.1, 0.15) is 5.75 Å². The lowest BCUT2D eigenvalue weighted by molar-refractivity contribution is 0.477. The Balaban J connectivity index is 1.26. The molecule has 0 aliphatic rings. The molecule has 5 aromatic carbocycles. The van der Waals surface area contributed by atoms with Crippen molar-refractivity contribution in [3.05, 3.63) is 151 Å². The number of aromatic amines is 1. The molecule has 4 heteroatoms. The van der Waals surface area contributed by atoms with E-state index >= 15 is 0 Å². The fourth-order valence-corrected chi connectivity index (χ4v) is 7.04. The zero-order chi connectivity index (χ0) is 36.2. The van der Waals surface area contributed by atoms with Crippen molar-refractivity contribution in [3.63, 3.8) is 0 Å². The van der Waals surface area contributed by atoms with Crippen LogP contribution in [0, 0.1) is 0 Å². The van der Waals surface area contributed by atoms with Crippen LogP contribution in [0.5, 0.6) is 5.75 Å². The van der Waals surface area contributed by atoms with E-state index < -0.39 is 0 Å². The molecule has 0 radical (unpaired) electrons. The van der Waals surface area contributed by atoms with Crippen molar-refractivity contribution >= 4 is 21.8 Å². The summed E-state index contributed by atoms with van der Waals surface area (Å²) in [6.45, 7) is 13.6. The second-order valence-corrected chi connectivity index (χ2v) is 15.9.